The normalized spacial score (nSPS) is 12.2. The minimum atomic E-state index is -3.45. The van der Waals surface area contributed by atoms with Crippen molar-refractivity contribution in [3.63, 3.8) is 0 Å². The molecular weight excluding hydrogens is 352 g/mol. The van der Waals surface area contributed by atoms with E-state index in [1.165, 1.54) is 5.41 Å². The van der Waals surface area contributed by atoms with E-state index in [0.717, 1.165) is 15.8 Å². The van der Waals surface area contributed by atoms with Gasteiger partial charge in [0.2, 0.25) is 0 Å². The minimum absolute atomic E-state index is 0.276. The largest absolute Gasteiger partial charge is 0.497 e. The zero-order valence-electron chi connectivity index (χ0n) is 11.7. The topological polar surface area (TPSA) is 43.4 Å². The number of benzene rings is 2. The highest BCUT2D eigenvalue weighted by atomic mass is 79.9. The Balaban J connectivity index is 2.33. The van der Waals surface area contributed by atoms with Gasteiger partial charge in [-0.15, -0.1) is 0 Å². The Bertz CT molecular complexity index is 745. The lowest BCUT2D eigenvalue weighted by Gasteiger charge is -2.05. The van der Waals surface area contributed by atoms with Crippen LogP contribution in [0, 0.1) is 0 Å². The van der Waals surface area contributed by atoms with Gasteiger partial charge >= 0.3 is 0 Å². The number of allylic oxidation sites excluding steroid dienone is 1. The van der Waals surface area contributed by atoms with Crippen LogP contribution in [0.3, 0.4) is 0 Å². The van der Waals surface area contributed by atoms with Crippen LogP contribution in [0.5, 0.6) is 5.75 Å². The summed E-state index contributed by atoms with van der Waals surface area (Å²) >= 11 is 3.29. The van der Waals surface area contributed by atoms with E-state index in [1.54, 1.807) is 50.4 Å². The second-order valence-electron chi connectivity index (χ2n) is 4.53. The lowest BCUT2D eigenvalue weighted by Crippen LogP contribution is -1.97. The fraction of sp³-hybridized carbons (Fsp3) is 0.125. The Morgan fingerprint density at radius 3 is 2.14 bits per heavy atom. The monoisotopic (exact) mass is 366 g/mol. The van der Waals surface area contributed by atoms with Gasteiger partial charge in [0.1, 0.15) is 5.75 Å². The molecule has 0 aliphatic heterocycles. The third kappa shape index (κ3) is 3.95. The van der Waals surface area contributed by atoms with Crippen molar-refractivity contribution < 1.29 is 13.2 Å². The lowest BCUT2D eigenvalue weighted by atomic mass is 10.1. The van der Waals surface area contributed by atoms with Gasteiger partial charge in [0.15, 0.2) is 9.84 Å². The number of hydrogen-bond donors (Lipinski definition) is 0. The van der Waals surface area contributed by atoms with E-state index in [9.17, 15) is 8.42 Å². The number of rotatable bonds is 4. The summed E-state index contributed by atoms with van der Waals surface area (Å²) in [6.07, 6.45) is 0. The molecule has 0 saturated carbocycles. The molecule has 0 bridgehead atoms. The van der Waals surface area contributed by atoms with Crippen molar-refractivity contribution >= 4 is 31.3 Å². The summed E-state index contributed by atoms with van der Waals surface area (Å²) in [4.78, 5) is 0.276. The molecular formula is C16H15BrO3S. The highest BCUT2D eigenvalue weighted by Crippen LogP contribution is 2.22. The van der Waals surface area contributed by atoms with E-state index in [1.807, 2.05) is 12.1 Å². The van der Waals surface area contributed by atoms with Gasteiger partial charge in [-0.3, -0.25) is 0 Å². The third-order valence-electron chi connectivity index (χ3n) is 3.02. The molecule has 0 radical (unpaired) electrons. The zero-order valence-corrected chi connectivity index (χ0v) is 14.1. The fourth-order valence-corrected chi connectivity index (χ4v) is 3.36. The van der Waals surface area contributed by atoms with Crippen LogP contribution < -0.4 is 4.74 Å². The molecule has 0 amide bonds. The summed E-state index contributed by atoms with van der Waals surface area (Å²) < 4.78 is 30.6. The summed E-state index contributed by atoms with van der Waals surface area (Å²) in [5, 5.41) is 1.29. The molecule has 0 atom stereocenters. The highest BCUT2D eigenvalue weighted by molar-refractivity contribution is 9.10. The van der Waals surface area contributed by atoms with Crippen molar-refractivity contribution in [1.82, 2.24) is 0 Å². The Labute approximate surface area is 133 Å². The van der Waals surface area contributed by atoms with Crippen LogP contribution in [-0.2, 0) is 9.84 Å². The maximum absolute atomic E-state index is 12.3. The predicted octanol–water partition coefficient (Wildman–Crippen LogP) is 4.29. The van der Waals surface area contributed by atoms with Gasteiger partial charge in [0.05, 0.1) is 12.0 Å². The van der Waals surface area contributed by atoms with Gasteiger partial charge in [0, 0.05) is 9.88 Å². The molecule has 0 aliphatic rings. The smallest absolute Gasteiger partial charge is 0.200 e. The van der Waals surface area contributed by atoms with Crippen LogP contribution in [0.25, 0.3) is 5.57 Å². The van der Waals surface area contributed by atoms with Crippen molar-refractivity contribution in [2.75, 3.05) is 7.11 Å². The summed E-state index contributed by atoms with van der Waals surface area (Å²) in [5.41, 5.74) is 1.53. The Hall–Kier alpha value is -1.59. The maximum atomic E-state index is 12.3. The molecule has 0 aliphatic carbocycles. The van der Waals surface area contributed by atoms with Crippen LogP contribution >= 0.6 is 15.9 Å². The first-order chi connectivity index (χ1) is 9.92. The summed E-state index contributed by atoms with van der Waals surface area (Å²) in [5.74, 6) is 0.738. The highest BCUT2D eigenvalue weighted by Gasteiger charge is 2.12. The van der Waals surface area contributed by atoms with Crippen molar-refractivity contribution in [2.45, 2.75) is 11.8 Å². The molecule has 2 rings (SSSR count). The van der Waals surface area contributed by atoms with Crippen molar-refractivity contribution in [3.8, 4) is 5.75 Å². The zero-order chi connectivity index (χ0) is 15.5. The molecule has 0 N–H and O–H groups in total. The molecule has 0 fully saturated rings. The van der Waals surface area contributed by atoms with E-state index in [0.29, 0.717) is 5.57 Å². The predicted molar refractivity (Wildman–Crippen MR) is 88.0 cm³/mol. The van der Waals surface area contributed by atoms with E-state index in [4.69, 9.17) is 4.74 Å². The Kier molecular flexibility index (Phi) is 4.85. The number of methoxy groups -OCH3 is 1. The van der Waals surface area contributed by atoms with E-state index in [-0.39, 0.29) is 4.90 Å². The first-order valence-corrected chi connectivity index (χ1v) is 8.60. The summed E-state index contributed by atoms with van der Waals surface area (Å²) in [6.45, 7) is 1.78. The maximum Gasteiger partial charge on any atom is 0.200 e. The molecule has 0 heterocycles. The molecule has 5 heteroatoms. The van der Waals surface area contributed by atoms with Crippen LogP contribution in [0.1, 0.15) is 12.5 Å². The van der Waals surface area contributed by atoms with Gasteiger partial charge in [-0.2, -0.15) is 0 Å². The first kappa shape index (κ1) is 15.8. The average Bonchev–Trinajstić information content (AvgIpc) is 2.47. The molecule has 0 aromatic heterocycles. The van der Waals surface area contributed by atoms with Gasteiger partial charge in [-0.1, -0.05) is 28.1 Å². The van der Waals surface area contributed by atoms with E-state index < -0.39 is 9.84 Å². The minimum Gasteiger partial charge on any atom is -0.497 e. The molecule has 3 nitrogen and oxygen atoms in total. The van der Waals surface area contributed by atoms with Gasteiger partial charge in [-0.05, 0) is 54.5 Å². The van der Waals surface area contributed by atoms with Crippen LogP contribution in [0.4, 0.5) is 0 Å². The number of halogens is 1. The van der Waals surface area contributed by atoms with Crippen LogP contribution in [0.15, 0.2) is 63.3 Å². The van der Waals surface area contributed by atoms with E-state index in [2.05, 4.69) is 15.9 Å². The summed E-state index contributed by atoms with van der Waals surface area (Å²) in [6, 6.07) is 13.9. The number of ether oxygens (including phenoxy) is 1. The van der Waals surface area contributed by atoms with Crippen molar-refractivity contribution in [1.29, 1.82) is 0 Å². The molecule has 0 spiro atoms. The molecule has 2 aromatic rings. The standard InChI is InChI=1S/C16H15BrO3S/c1-12(13-3-7-15(20-2)8-4-13)11-21(18,19)16-9-5-14(17)6-10-16/h3-11H,1-2H3/b12-11+. The molecule has 21 heavy (non-hydrogen) atoms. The molecule has 0 unspecified atom stereocenters. The number of hydrogen-bond acceptors (Lipinski definition) is 3. The van der Waals surface area contributed by atoms with Crippen LogP contribution in [-0.4, -0.2) is 15.5 Å². The van der Waals surface area contributed by atoms with Crippen molar-refractivity contribution in [2.24, 2.45) is 0 Å². The molecule has 0 saturated heterocycles. The number of sulfone groups is 1. The Morgan fingerprint density at radius 2 is 1.62 bits per heavy atom. The van der Waals surface area contributed by atoms with Gasteiger partial charge in [0.25, 0.3) is 0 Å². The van der Waals surface area contributed by atoms with E-state index >= 15 is 0 Å². The SMILES string of the molecule is COc1ccc(/C(C)=C/S(=O)(=O)c2ccc(Br)cc2)cc1. The first-order valence-electron chi connectivity index (χ1n) is 6.26. The Morgan fingerprint density at radius 1 is 1.05 bits per heavy atom. The third-order valence-corrected chi connectivity index (χ3v) is 5.14. The van der Waals surface area contributed by atoms with Gasteiger partial charge in [-0.25, -0.2) is 8.42 Å². The second-order valence-corrected chi connectivity index (χ2v) is 7.24. The summed E-state index contributed by atoms with van der Waals surface area (Å²) in [7, 11) is -1.86. The average molecular weight is 367 g/mol. The van der Waals surface area contributed by atoms with Crippen molar-refractivity contribution in [3.05, 3.63) is 64.0 Å². The second kappa shape index (κ2) is 6.45. The fourth-order valence-electron chi connectivity index (χ4n) is 1.85. The molecule has 2 aromatic carbocycles. The van der Waals surface area contributed by atoms with Gasteiger partial charge < -0.3 is 4.74 Å². The quantitative estimate of drug-likeness (QED) is 0.810. The lowest BCUT2D eigenvalue weighted by molar-refractivity contribution is 0.415. The van der Waals surface area contributed by atoms with Crippen LogP contribution in [0.2, 0.25) is 0 Å². The molecule has 110 valence electrons.